The Balaban J connectivity index is 1.47. The summed E-state index contributed by atoms with van der Waals surface area (Å²) in [5.74, 6) is -0.102. The van der Waals surface area contributed by atoms with Crippen molar-refractivity contribution < 1.29 is 9.18 Å². The van der Waals surface area contributed by atoms with Gasteiger partial charge in [-0.05, 0) is 18.6 Å². The maximum atomic E-state index is 14.2. The van der Waals surface area contributed by atoms with Gasteiger partial charge in [-0.25, -0.2) is 9.82 Å². The number of halogens is 1. The van der Waals surface area contributed by atoms with Gasteiger partial charge in [0.15, 0.2) is 0 Å². The minimum atomic E-state index is -0.215. The molecule has 0 bridgehead atoms. The van der Waals surface area contributed by atoms with Crippen molar-refractivity contribution in [2.75, 3.05) is 13.1 Å². The molecule has 2 saturated heterocycles. The molecule has 26 heavy (non-hydrogen) atoms. The summed E-state index contributed by atoms with van der Waals surface area (Å²) in [5, 5.41) is 4.09. The SMILES string of the molecule is Cn1cc(/C=C/C(=O)N2CCC3NNC(c4ccccc4F)C3C2)cn1. The van der Waals surface area contributed by atoms with Gasteiger partial charge in [0, 0.05) is 55.5 Å². The van der Waals surface area contributed by atoms with Crippen molar-refractivity contribution in [1.82, 2.24) is 25.5 Å². The minimum Gasteiger partial charge on any atom is -0.339 e. The number of nitrogens with one attached hydrogen (secondary N) is 2. The lowest BCUT2D eigenvalue weighted by Crippen LogP contribution is -2.47. The molecule has 1 aromatic carbocycles. The highest BCUT2D eigenvalue weighted by molar-refractivity contribution is 5.91. The van der Waals surface area contributed by atoms with Gasteiger partial charge in [-0.1, -0.05) is 18.2 Å². The molecule has 6 nitrogen and oxygen atoms in total. The molecule has 0 saturated carbocycles. The fraction of sp³-hybridized carbons (Fsp3) is 0.368. The van der Waals surface area contributed by atoms with Gasteiger partial charge in [-0.3, -0.25) is 14.9 Å². The van der Waals surface area contributed by atoms with E-state index in [1.165, 1.54) is 6.07 Å². The Morgan fingerprint density at radius 1 is 1.35 bits per heavy atom. The van der Waals surface area contributed by atoms with Gasteiger partial charge in [0.2, 0.25) is 5.91 Å². The first kappa shape index (κ1) is 16.9. The van der Waals surface area contributed by atoms with Gasteiger partial charge in [0.05, 0.1) is 12.2 Å². The molecular weight excluding hydrogens is 333 g/mol. The first-order chi connectivity index (χ1) is 12.6. The molecule has 2 aromatic rings. The number of carbonyl (C=O) groups is 1. The number of hydrogen-bond donors (Lipinski definition) is 2. The van der Waals surface area contributed by atoms with Crippen LogP contribution in [0.15, 0.2) is 42.7 Å². The first-order valence-electron chi connectivity index (χ1n) is 8.83. The summed E-state index contributed by atoms with van der Waals surface area (Å²) in [5.41, 5.74) is 8.03. The van der Waals surface area contributed by atoms with Gasteiger partial charge >= 0.3 is 0 Å². The lowest BCUT2D eigenvalue weighted by molar-refractivity contribution is -0.127. The number of amides is 1. The molecule has 2 fully saturated rings. The third-order valence-electron chi connectivity index (χ3n) is 5.21. The first-order valence-corrected chi connectivity index (χ1v) is 8.83. The number of likely N-dealkylation sites (tertiary alicyclic amines) is 1. The van der Waals surface area contributed by atoms with Gasteiger partial charge in [0.1, 0.15) is 5.82 Å². The van der Waals surface area contributed by atoms with Crippen LogP contribution in [0.2, 0.25) is 0 Å². The molecule has 0 aliphatic carbocycles. The maximum Gasteiger partial charge on any atom is 0.246 e. The van der Waals surface area contributed by atoms with E-state index in [1.54, 1.807) is 35.2 Å². The Morgan fingerprint density at radius 3 is 2.96 bits per heavy atom. The van der Waals surface area contributed by atoms with Crippen LogP contribution >= 0.6 is 0 Å². The summed E-state index contributed by atoms with van der Waals surface area (Å²) in [6, 6.07) is 6.92. The number of aromatic nitrogens is 2. The lowest BCUT2D eigenvalue weighted by atomic mass is 9.85. The standard InChI is InChI=1S/C19H22FN5O/c1-24-11-13(10-21-24)6-7-18(26)25-9-8-17-15(12-25)19(23-22-17)14-4-2-3-5-16(14)20/h2-7,10-11,15,17,19,22-23H,8-9,12H2,1H3/b7-6+. The topological polar surface area (TPSA) is 62.2 Å². The molecule has 4 rings (SSSR count). The normalized spacial score (nSPS) is 25.6. The van der Waals surface area contributed by atoms with Crippen molar-refractivity contribution in [3.63, 3.8) is 0 Å². The Labute approximate surface area is 151 Å². The third kappa shape index (κ3) is 3.27. The number of hydrazine groups is 1. The van der Waals surface area contributed by atoms with Gasteiger partial charge < -0.3 is 4.90 Å². The summed E-state index contributed by atoms with van der Waals surface area (Å²) in [4.78, 5) is 14.4. The number of carbonyl (C=O) groups excluding carboxylic acids is 1. The highest BCUT2D eigenvalue weighted by Crippen LogP contribution is 2.34. The van der Waals surface area contributed by atoms with Crippen molar-refractivity contribution in [2.45, 2.75) is 18.5 Å². The van der Waals surface area contributed by atoms with Crippen LogP contribution in [0.3, 0.4) is 0 Å². The van der Waals surface area contributed by atoms with E-state index < -0.39 is 0 Å². The second kappa shape index (κ2) is 7.01. The fourth-order valence-corrected chi connectivity index (χ4v) is 3.84. The van der Waals surface area contributed by atoms with Crippen molar-refractivity contribution in [1.29, 1.82) is 0 Å². The summed E-state index contributed by atoms with van der Waals surface area (Å²) in [6.07, 6.45) is 7.78. The molecular formula is C19H22FN5O. The quantitative estimate of drug-likeness (QED) is 0.822. The number of hydrogen-bond acceptors (Lipinski definition) is 4. The molecule has 3 unspecified atom stereocenters. The number of nitrogens with zero attached hydrogens (tertiary/aromatic N) is 3. The zero-order chi connectivity index (χ0) is 18.1. The molecule has 2 N–H and O–H groups in total. The van der Waals surface area contributed by atoms with Crippen LogP contribution in [0, 0.1) is 11.7 Å². The summed E-state index contributed by atoms with van der Waals surface area (Å²) in [6.45, 7) is 1.29. The van der Waals surface area contributed by atoms with E-state index in [1.807, 2.05) is 24.2 Å². The van der Waals surface area contributed by atoms with E-state index in [0.717, 1.165) is 12.0 Å². The highest BCUT2D eigenvalue weighted by atomic mass is 19.1. The van der Waals surface area contributed by atoms with E-state index in [4.69, 9.17) is 0 Å². The van der Waals surface area contributed by atoms with E-state index in [2.05, 4.69) is 16.0 Å². The van der Waals surface area contributed by atoms with Crippen LogP contribution in [0.25, 0.3) is 6.08 Å². The van der Waals surface area contributed by atoms with Gasteiger partial charge in [-0.2, -0.15) is 5.10 Å². The molecule has 7 heteroatoms. The van der Waals surface area contributed by atoms with E-state index >= 15 is 0 Å². The predicted molar refractivity (Wildman–Crippen MR) is 96.1 cm³/mol. The van der Waals surface area contributed by atoms with Crippen LogP contribution in [0.1, 0.15) is 23.6 Å². The number of benzene rings is 1. The molecule has 136 valence electrons. The summed E-state index contributed by atoms with van der Waals surface area (Å²) in [7, 11) is 1.84. The summed E-state index contributed by atoms with van der Waals surface area (Å²) < 4.78 is 15.9. The maximum absolute atomic E-state index is 14.2. The van der Waals surface area contributed by atoms with Crippen molar-refractivity contribution in [3.8, 4) is 0 Å². The summed E-state index contributed by atoms with van der Waals surface area (Å²) >= 11 is 0. The smallest absolute Gasteiger partial charge is 0.246 e. The molecule has 1 aromatic heterocycles. The van der Waals surface area contributed by atoms with Crippen LogP contribution in [-0.2, 0) is 11.8 Å². The highest BCUT2D eigenvalue weighted by Gasteiger charge is 2.42. The monoisotopic (exact) mass is 355 g/mol. The van der Waals surface area contributed by atoms with Crippen LogP contribution in [0.5, 0.6) is 0 Å². The molecule has 0 spiro atoms. The average molecular weight is 355 g/mol. The molecule has 1 amide bonds. The number of piperidine rings is 1. The fourth-order valence-electron chi connectivity index (χ4n) is 3.84. The van der Waals surface area contributed by atoms with Crippen molar-refractivity contribution >= 4 is 12.0 Å². The zero-order valence-corrected chi connectivity index (χ0v) is 14.6. The van der Waals surface area contributed by atoms with Crippen LogP contribution in [0.4, 0.5) is 4.39 Å². The minimum absolute atomic E-state index is 0.0218. The second-order valence-corrected chi connectivity index (χ2v) is 6.91. The Bertz CT molecular complexity index is 833. The van der Waals surface area contributed by atoms with Crippen LogP contribution in [-0.4, -0.2) is 39.7 Å². The number of rotatable bonds is 3. The Kier molecular flexibility index (Phi) is 4.57. The van der Waals surface area contributed by atoms with E-state index in [9.17, 15) is 9.18 Å². The van der Waals surface area contributed by atoms with Crippen molar-refractivity contribution in [2.24, 2.45) is 13.0 Å². The average Bonchev–Trinajstić information content (AvgIpc) is 3.25. The van der Waals surface area contributed by atoms with E-state index in [0.29, 0.717) is 18.7 Å². The molecule has 3 atom stereocenters. The largest absolute Gasteiger partial charge is 0.339 e. The Hall–Kier alpha value is -2.51. The molecule has 3 heterocycles. The predicted octanol–water partition coefficient (Wildman–Crippen LogP) is 1.64. The van der Waals surface area contributed by atoms with Crippen molar-refractivity contribution in [3.05, 3.63) is 59.7 Å². The zero-order valence-electron chi connectivity index (χ0n) is 14.6. The Morgan fingerprint density at radius 2 is 2.19 bits per heavy atom. The molecule has 0 radical (unpaired) electrons. The molecule has 2 aliphatic rings. The van der Waals surface area contributed by atoms with Gasteiger partial charge in [0.25, 0.3) is 0 Å². The molecule has 2 aliphatic heterocycles. The number of aryl methyl sites for hydroxylation is 1. The van der Waals surface area contributed by atoms with E-state index in [-0.39, 0.29) is 29.7 Å². The lowest BCUT2D eigenvalue weighted by Gasteiger charge is -2.35. The third-order valence-corrected chi connectivity index (χ3v) is 5.21. The van der Waals surface area contributed by atoms with Crippen LogP contribution < -0.4 is 10.9 Å². The van der Waals surface area contributed by atoms with Gasteiger partial charge in [-0.15, -0.1) is 0 Å². The second-order valence-electron chi connectivity index (χ2n) is 6.91. The number of fused-ring (bicyclic) bond motifs is 1.